The topological polar surface area (TPSA) is 77.8 Å². The Balaban J connectivity index is 1.43. The molecule has 1 aliphatic heterocycles. The van der Waals surface area contributed by atoms with Crippen LogP contribution in [0, 0.1) is 13.8 Å². The molecule has 2 N–H and O–H groups in total. The summed E-state index contributed by atoms with van der Waals surface area (Å²) in [6.07, 6.45) is 0. The third-order valence-electron chi connectivity index (χ3n) is 4.97. The highest BCUT2D eigenvalue weighted by Crippen LogP contribution is 2.21. The molecule has 2 heterocycles. The van der Waals surface area contributed by atoms with E-state index in [0.717, 1.165) is 22.8 Å². The Morgan fingerprint density at radius 2 is 1.79 bits per heavy atom. The molecule has 1 aromatic heterocycles. The number of carbonyl (C=O) groups is 2. The average Bonchev–Trinajstić information content (AvgIpc) is 3.01. The predicted molar refractivity (Wildman–Crippen MR) is 108 cm³/mol. The molecule has 0 bridgehead atoms. The van der Waals surface area contributed by atoms with Crippen LogP contribution >= 0.6 is 0 Å². The van der Waals surface area contributed by atoms with Gasteiger partial charge in [0.25, 0.3) is 0 Å². The van der Waals surface area contributed by atoms with Crippen molar-refractivity contribution in [1.29, 1.82) is 0 Å². The second kappa shape index (κ2) is 8.93. The molecule has 3 rings (SSSR count). The summed E-state index contributed by atoms with van der Waals surface area (Å²) in [5.41, 5.74) is 1.80. The third-order valence-corrected chi connectivity index (χ3v) is 4.97. The van der Waals surface area contributed by atoms with E-state index in [4.69, 9.17) is 4.42 Å². The number of benzene rings is 1. The monoisotopic (exact) mass is 384 g/mol. The molecule has 1 unspecified atom stereocenters. The Morgan fingerprint density at radius 3 is 2.39 bits per heavy atom. The third kappa shape index (κ3) is 5.13. The van der Waals surface area contributed by atoms with Crippen molar-refractivity contribution in [1.82, 2.24) is 15.1 Å². The molecule has 1 aromatic carbocycles. The van der Waals surface area contributed by atoms with E-state index in [0.29, 0.717) is 32.7 Å². The number of rotatable bonds is 5. The van der Waals surface area contributed by atoms with Gasteiger partial charge in [-0.3, -0.25) is 9.69 Å². The van der Waals surface area contributed by atoms with Gasteiger partial charge in [0, 0.05) is 37.4 Å². The van der Waals surface area contributed by atoms with Gasteiger partial charge in [-0.2, -0.15) is 0 Å². The number of aryl methyl sites for hydroxylation is 2. The van der Waals surface area contributed by atoms with Crippen LogP contribution in [0.3, 0.4) is 0 Å². The minimum Gasteiger partial charge on any atom is -0.466 e. The molecule has 7 heteroatoms. The van der Waals surface area contributed by atoms with Crippen LogP contribution in [0.4, 0.5) is 10.5 Å². The molecule has 28 heavy (non-hydrogen) atoms. The molecule has 0 radical (unpaired) electrons. The molecule has 0 saturated carbocycles. The zero-order valence-electron chi connectivity index (χ0n) is 16.7. The highest BCUT2D eigenvalue weighted by molar-refractivity contribution is 5.92. The van der Waals surface area contributed by atoms with Crippen molar-refractivity contribution in [2.75, 3.05) is 38.0 Å². The molecule has 3 amide bonds. The largest absolute Gasteiger partial charge is 0.466 e. The smallest absolute Gasteiger partial charge is 0.317 e. The number of hydrogen-bond donors (Lipinski definition) is 2. The first-order chi connectivity index (χ1) is 13.4. The summed E-state index contributed by atoms with van der Waals surface area (Å²) < 4.78 is 5.55. The van der Waals surface area contributed by atoms with Gasteiger partial charge >= 0.3 is 6.03 Å². The second-order valence-electron chi connectivity index (χ2n) is 7.22. The molecule has 1 aliphatic rings. The number of urea groups is 1. The first kappa shape index (κ1) is 19.9. The van der Waals surface area contributed by atoms with Gasteiger partial charge in [-0.25, -0.2) is 4.79 Å². The summed E-state index contributed by atoms with van der Waals surface area (Å²) in [7, 11) is 0. The summed E-state index contributed by atoms with van der Waals surface area (Å²) in [5.74, 6) is 1.64. The number of carbonyl (C=O) groups excluding carboxylic acids is 2. The zero-order chi connectivity index (χ0) is 20.1. The van der Waals surface area contributed by atoms with Gasteiger partial charge in [0.1, 0.15) is 11.5 Å². The molecule has 1 atom stereocenters. The van der Waals surface area contributed by atoms with Crippen LogP contribution in [-0.2, 0) is 4.79 Å². The summed E-state index contributed by atoms with van der Waals surface area (Å²) in [4.78, 5) is 28.6. The normalized spacial score (nSPS) is 15.9. The molecule has 0 aliphatic carbocycles. The predicted octanol–water partition coefficient (Wildman–Crippen LogP) is 2.92. The van der Waals surface area contributed by atoms with Crippen molar-refractivity contribution < 1.29 is 14.0 Å². The van der Waals surface area contributed by atoms with Gasteiger partial charge in [-0.15, -0.1) is 0 Å². The van der Waals surface area contributed by atoms with Crippen molar-refractivity contribution in [2.24, 2.45) is 0 Å². The van der Waals surface area contributed by atoms with E-state index in [1.807, 2.05) is 57.2 Å². The Morgan fingerprint density at radius 1 is 1.11 bits per heavy atom. The summed E-state index contributed by atoms with van der Waals surface area (Å²) in [6.45, 7) is 8.64. The van der Waals surface area contributed by atoms with Crippen LogP contribution in [0.15, 0.2) is 40.8 Å². The van der Waals surface area contributed by atoms with Gasteiger partial charge < -0.3 is 20.0 Å². The number of nitrogens with one attached hydrogen (secondary N) is 2. The number of piperazine rings is 1. The summed E-state index contributed by atoms with van der Waals surface area (Å²) in [6, 6.07) is 11.2. The molecule has 0 spiro atoms. The van der Waals surface area contributed by atoms with Crippen molar-refractivity contribution in [2.45, 2.75) is 26.8 Å². The molecule has 1 fully saturated rings. The average molecular weight is 384 g/mol. The van der Waals surface area contributed by atoms with Gasteiger partial charge in [0.05, 0.1) is 12.6 Å². The number of anilines is 1. The first-order valence-electron chi connectivity index (χ1n) is 9.62. The Hall–Kier alpha value is -2.80. The minimum atomic E-state index is -0.111. The number of hydrogen-bond acceptors (Lipinski definition) is 4. The van der Waals surface area contributed by atoms with Crippen molar-refractivity contribution in [3.05, 3.63) is 53.5 Å². The quantitative estimate of drug-likeness (QED) is 0.831. The fraction of sp³-hybridized carbons (Fsp3) is 0.429. The van der Waals surface area contributed by atoms with Crippen LogP contribution in [-0.4, -0.2) is 54.5 Å². The maximum atomic E-state index is 12.6. The van der Waals surface area contributed by atoms with Crippen LogP contribution in [0.25, 0.3) is 0 Å². The lowest BCUT2D eigenvalue weighted by Gasteiger charge is -2.34. The zero-order valence-corrected chi connectivity index (χ0v) is 16.7. The van der Waals surface area contributed by atoms with E-state index < -0.39 is 0 Å². The highest BCUT2D eigenvalue weighted by Gasteiger charge is 2.24. The Bertz CT molecular complexity index is 810. The van der Waals surface area contributed by atoms with Gasteiger partial charge in [0.15, 0.2) is 0 Å². The fourth-order valence-corrected chi connectivity index (χ4v) is 3.47. The summed E-state index contributed by atoms with van der Waals surface area (Å²) in [5, 5.41) is 5.93. The van der Waals surface area contributed by atoms with Crippen LogP contribution < -0.4 is 10.6 Å². The SMILES string of the molecule is Cc1cc(C(C)NC(=O)N2CCN(CC(=O)Nc3ccccc3)CC2)c(C)o1. The Kier molecular flexibility index (Phi) is 6.36. The molecule has 2 aromatic rings. The highest BCUT2D eigenvalue weighted by atomic mass is 16.3. The summed E-state index contributed by atoms with van der Waals surface area (Å²) >= 11 is 0. The van der Waals surface area contributed by atoms with E-state index in [2.05, 4.69) is 15.5 Å². The number of para-hydroxylation sites is 1. The molecule has 150 valence electrons. The second-order valence-corrected chi connectivity index (χ2v) is 7.22. The van der Waals surface area contributed by atoms with Gasteiger partial charge in [0.2, 0.25) is 5.91 Å². The number of amides is 3. The van der Waals surface area contributed by atoms with E-state index >= 15 is 0 Å². The Labute approximate surface area is 165 Å². The van der Waals surface area contributed by atoms with Gasteiger partial charge in [-0.1, -0.05) is 18.2 Å². The molecular weight excluding hydrogens is 356 g/mol. The number of nitrogens with zero attached hydrogens (tertiary/aromatic N) is 2. The first-order valence-corrected chi connectivity index (χ1v) is 9.62. The minimum absolute atomic E-state index is 0.0384. The van der Waals surface area contributed by atoms with E-state index in [-0.39, 0.29) is 18.0 Å². The lowest BCUT2D eigenvalue weighted by molar-refractivity contribution is -0.117. The molecule has 7 nitrogen and oxygen atoms in total. The van der Waals surface area contributed by atoms with Gasteiger partial charge in [-0.05, 0) is 39.0 Å². The lowest BCUT2D eigenvalue weighted by atomic mass is 10.1. The van der Waals surface area contributed by atoms with Crippen molar-refractivity contribution in [3.8, 4) is 0 Å². The van der Waals surface area contributed by atoms with Crippen LogP contribution in [0.1, 0.15) is 30.0 Å². The standard InChI is InChI=1S/C21H28N4O3/c1-15-13-19(17(3)28-15)16(2)22-21(27)25-11-9-24(10-12-25)14-20(26)23-18-7-5-4-6-8-18/h4-8,13,16H,9-12,14H2,1-3H3,(H,22,27)(H,23,26). The number of furan rings is 1. The fourth-order valence-electron chi connectivity index (χ4n) is 3.47. The molecule has 1 saturated heterocycles. The maximum Gasteiger partial charge on any atom is 0.317 e. The van der Waals surface area contributed by atoms with Crippen molar-refractivity contribution in [3.63, 3.8) is 0 Å². The van der Waals surface area contributed by atoms with E-state index in [1.165, 1.54) is 0 Å². The maximum absolute atomic E-state index is 12.6. The lowest BCUT2D eigenvalue weighted by Crippen LogP contribution is -2.53. The van der Waals surface area contributed by atoms with Crippen LogP contribution in [0.5, 0.6) is 0 Å². The molecular formula is C21H28N4O3. The van der Waals surface area contributed by atoms with Crippen molar-refractivity contribution >= 4 is 17.6 Å². The van der Waals surface area contributed by atoms with Crippen LogP contribution in [0.2, 0.25) is 0 Å². The van der Waals surface area contributed by atoms with E-state index in [1.54, 1.807) is 4.90 Å². The van der Waals surface area contributed by atoms with E-state index in [9.17, 15) is 9.59 Å².